The van der Waals surface area contributed by atoms with Crippen LogP contribution in [0.5, 0.6) is 5.75 Å². The Labute approximate surface area is 215 Å². The molecular weight excluding hydrogens is 524 g/mol. The number of rotatable bonds is 7. The average Bonchev–Trinajstić information content (AvgIpc) is 2.87. The Hall–Kier alpha value is -4.43. The predicted octanol–water partition coefficient (Wildman–Crippen LogP) is 5.09. The third kappa shape index (κ3) is 5.79. The first-order chi connectivity index (χ1) is 17.3. The third-order valence-corrected chi connectivity index (χ3v) is 6.10. The summed E-state index contributed by atoms with van der Waals surface area (Å²) in [5, 5.41) is 26.2. The van der Waals surface area contributed by atoms with Crippen LogP contribution in [-0.4, -0.2) is 28.0 Å². The Balaban J connectivity index is 1.50. The number of amides is 2. The van der Waals surface area contributed by atoms with Crippen molar-refractivity contribution in [3.63, 3.8) is 0 Å². The molecule has 0 aromatic heterocycles. The molecule has 0 saturated heterocycles. The zero-order valence-electron chi connectivity index (χ0n) is 18.9. The van der Waals surface area contributed by atoms with Crippen molar-refractivity contribution in [1.82, 2.24) is 10.6 Å². The number of halogens is 1. The van der Waals surface area contributed by atoms with Crippen LogP contribution in [0.15, 0.2) is 95.1 Å². The van der Waals surface area contributed by atoms with E-state index in [0.29, 0.717) is 15.6 Å². The molecule has 0 unspecified atom stereocenters. The molecular formula is C28H21BrN2O5. The van der Waals surface area contributed by atoms with Crippen molar-refractivity contribution >= 4 is 50.6 Å². The number of benzene rings is 4. The van der Waals surface area contributed by atoms with Crippen LogP contribution in [-0.2, 0) is 11.3 Å². The highest BCUT2D eigenvalue weighted by molar-refractivity contribution is 9.10. The number of carboxylic acids is 1. The van der Waals surface area contributed by atoms with E-state index in [0.717, 1.165) is 16.3 Å². The van der Waals surface area contributed by atoms with Crippen molar-refractivity contribution in [2.24, 2.45) is 0 Å². The Morgan fingerprint density at radius 1 is 0.861 bits per heavy atom. The Kier molecular flexibility index (Phi) is 7.46. The monoisotopic (exact) mass is 544 g/mol. The largest absolute Gasteiger partial charge is 0.508 e. The van der Waals surface area contributed by atoms with Crippen molar-refractivity contribution in [2.75, 3.05) is 0 Å². The summed E-state index contributed by atoms with van der Waals surface area (Å²) in [5.41, 5.74) is 1.59. The lowest BCUT2D eigenvalue weighted by molar-refractivity contribution is -0.132. The molecule has 0 radical (unpaired) electrons. The quantitative estimate of drug-likeness (QED) is 0.242. The molecule has 0 fully saturated rings. The van der Waals surface area contributed by atoms with E-state index in [4.69, 9.17) is 0 Å². The van der Waals surface area contributed by atoms with Crippen LogP contribution in [0.3, 0.4) is 0 Å². The van der Waals surface area contributed by atoms with E-state index in [1.165, 1.54) is 24.3 Å². The molecule has 4 N–H and O–H groups in total. The Morgan fingerprint density at radius 3 is 2.36 bits per heavy atom. The fraction of sp³-hybridized carbons (Fsp3) is 0.0357. The van der Waals surface area contributed by atoms with E-state index in [1.54, 1.807) is 30.3 Å². The zero-order valence-corrected chi connectivity index (χ0v) is 20.5. The average molecular weight is 545 g/mol. The van der Waals surface area contributed by atoms with Gasteiger partial charge in [0, 0.05) is 16.6 Å². The topological polar surface area (TPSA) is 116 Å². The SMILES string of the molecule is O=C(O)/C(=C\c1cccc2ccccc12)NC(=O)c1ccc(C(=O)NCc2cccc(O)c2)cc1Br. The molecule has 4 rings (SSSR count). The van der Waals surface area contributed by atoms with Gasteiger partial charge in [-0.2, -0.15) is 0 Å². The number of carbonyl (C=O) groups is 3. The van der Waals surface area contributed by atoms with Gasteiger partial charge in [-0.3, -0.25) is 9.59 Å². The lowest BCUT2D eigenvalue weighted by Gasteiger charge is -2.11. The number of aromatic hydroxyl groups is 1. The molecule has 0 atom stereocenters. The smallest absolute Gasteiger partial charge is 0.352 e. The van der Waals surface area contributed by atoms with E-state index in [9.17, 15) is 24.6 Å². The number of hydrogen-bond acceptors (Lipinski definition) is 4. The van der Waals surface area contributed by atoms with E-state index in [-0.39, 0.29) is 29.5 Å². The van der Waals surface area contributed by atoms with Crippen LogP contribution in [0, 0.1) is 0 Å². The standard InChI is InChI=1S/C28H21BrN2O5/c29-24-14-20(26(33)30-16-17-5-3-9-21(32)13-17)11-12-23(24)27(34)31-25(28(35)36)15-19-8-4-7-18-6-1-2-10-22(18)19/h1-15,32H,16H2,(H,30,33)(H,31,34)(H,35,36)/b25-15+. The summed E-state index contributed by atoms with van der Waals surface area (Å²) >= 11 is 3.31. The molecule has 7 nitrogen and oxygen atoms in total. The molecule has 8 heteroatoms. The minimum Gasteiger partial charge on any atom is -0.508 e. The first kappa shape index (κ1) is 24.7. The summed E-state index contributed by atoms with van der Waals surface area (Å²) < 4.78 is 0.333. The summed E-state index contributed by atoms with van der Waals surface area (Å²) in [5.74, 6) is -2.18. The summed E-state index contributed by atoms with van der Waals surface area (Å²) in [6.45, 7) is 0.216. The number of phenols is 1. The van der Waals surface area contributed by atoms with Crippen molar-refractivity contribution in [3.8, 4) is 5.75 Å². The fourth-order valence-electron chi connectivity index (χ4n) is 3.66. The van der Waals surface area contributed by atoms with Gasteiger partial charge in [-0.25, -0.2) is 4.79 Å². The molecule has 0 spiro atoms. The second kappa shape index (κ2) is 10.9. The van der Waals surface area contributed by atoms with E-state index in [1.807, 2.05) is 36.4 Å². The molecule has 0 aliphatic carbocycles. The molecule has 0 bridgehead atoms. The predicted molar refractivity (Wildman–Crippen MR) is 140 cm³/mol. The fourth-order valence-corrected chi connectivity index (χ4v) is 4.22. The molecule has 0 heterocycles. The van der Waals surface area contributed by atoms with E-state index in [2.05, 4.69) is 26.6 Å². The van der Waals surface area contributed by atoms with Gasteiger partial charge < -0.3 is 20.8 Å². The second-order valence-electron chi connectivity index (χ2n) is 7.93. The normalized spacial score (nSPS) is 11.2. The summed E-state index contributed by atoms with van der Waals surface area (Å²) in [7, 11) is 0. The minimum absolute atomic E-state index is 0.107. The van der Waals surface area contributed by atoms with Gasteiger partial charge in [-0.1, -0.05) is 54.6 Å². The van der Waals surface area contributed by atoms with Gasteiger partial charge >= 0.3 is 5.97 Å². The summed E-state index contributed by atoms with van der Waals surface area (Å²) in [6.07, 6.45) is 1.42. The van der Waals surface area contributed by atoms with E-state index >= 15 is 0 Å². The van der Waals surface area contributed by atoms with Gasteiger partial charge in [0.15, 0.2) is 0 Å². The first-order valence-electron chi connectivity index (χ1n) is 10.9. The number of carboxylic acid groups (broad SMARTS) is 1. The number of nitrogens with one attached hydrogen (secondary N) is 2. The van der Waals surface area contributed by atoms with Crippen molar-refractivity contribution in [1.29, 1.82) is 0 Å². The number of aliphatic carboxylic acids is 1. The maximum Gasteiger partial charge on any atom is 0.352 e. The Bertz CT molecular complexity index is 1510. The molecule has 0 saturated carbocycles. The van der Waals surface area contributed by atoms with Gasteiger partial charge in [-0.05, 0) is 74.2 Å². The van der Waals surface area contributed by atoms with E-state index < -0.39 is 11.9 Å². The number of carbonyl (C=O) groups excluding carboxylic acids is 2. The number of fused-ring (bicyclic) bond motifs is 1. The molecule has 2 amide bonds. The van der Waals surface area contributed by atoms with Gasteiger partial charge in [0.1, 0.15) is 11.4 Å². The zero-order chi connectivity index (χ0) is 25.7. The maximum atomic E-state index is 12.9. The van der Waals surface area contributed by atoms with Gasteiger partial charge in [0.05, 0.1) is 5.56 Å². The highest BCUT2D eigenvalue weighted by Gasteiger charge is 2.18. The minimum atomic E-state index is -1.28. The lowest BCUT2D eigenvalue weighted by Crippen LogP contribution is -2.28. The van der Waals surface area contributed by atoms with Crippen LogP contribution < -0.4 is 10.6 Å². The third-order valence-electron chi connectivity index (χ3n) is 5.44. The van der Waals surface area contributed by atoms with Crippen LogP contribution in [0.25, 0.3) is 16.8 Å². The van der Waals surface area contributed by atoms with Crippen LogP contribution >= 0.6 is 15.9 Å². The van der Waals surface area contributed by atoms with Crippen molar-refractivity contribution < 1.29 is 24.6 Å². The summed E-state index contributed by atoms with van der Waals surface area (Å²) in [6, 6.07) is 24.0. The Morgan fingerprint density at radius 2 is 1.61 bits per heavy atom. The van der Waals surface area contributed by atoms with Gasteiger partial charge in [0.2, 0.25) is 0 Å². The molecule has 4 aromatic rings. The van der Waals surface area contributed by atoms with Crippen molar-refractivity contribution in [3.05, 3.63) is 117 Å². The maximum absolute atomic E-state index is 12.9. The molecule has 36 heavy (non-hydrogen) atoms. The van der Waals surface area contributed by atoms with Crippen molar-refractivity contribution in [2.45, 2.75) is 6.54 Å². The number of hydrogen-bond donors (Lipinski definition) is 4. The summed E-state index contributed by atoms with van der Waals surface area (Å²) in [4.78, 5) is 37.3. The molecule has 0 aliphatic rings. The second-order valence-corrected chi connectivity index (χ2v) is 8.79. The van der Waals surface area contributed by atoms with Crippen LogP contribution in [0.2, 0.25) is 0 Å². The van der Waals surface area contributed by atoms with Crippen LogP contribution in [0.1, 0.15) is 31.8 Å². The molecule has 0 aliphatic heterocycles. The van der Waals surface area contributed by atoms with Gasteiger partial charge in [0.25, 0.3) is 11.8 Å². The first-order valence-corrected chi connectivity index (χ1v) is 11.7. The molecule has 180 valence electrons. The highest BCUT2D eigenvalue weighted by atomic mass is 79.9. The number of phenolic OH excluding ortho intramolecular Hbond substituents is 1. The van der Waals surface area contributed by atoms with Crippen LogP contribution in [0.4, 0.5) is 0 Å². The van der Waals surface area contributed by atoms with Gasteiger partial charge in [-0.15, -0.1) is 0 Å². The molecule has 4 aromatic carbocycles. The highest BCUT2D eigenvalue weighted by Crippen LogP contribution is 2.22. The lowest BCUT2D eigenvalue weighted by atomic mass is 10.0.